The lowest BCUT2D eigenvalue weighted by Gasteiger charge is -2.05. The summed E-state index contributed by atoms with van der Waals surface area (Å²) in [4.78, 5) is 16.3. The van der Waals surface area contributed by atoms with E-state index in [0.717, 1.165) is 33.1 Å². The highest BCUT2D eigenvalue weighted by molar-refractivity contribution is 7.13. The first-order chi connectivity index (χ1) is 10.3. The maximum Gasteiger partial charge on any atom is 0.228 e. The summed E-state index contributed by atoms with van der Waals surface area (Å²) in [5.74, 6) is 0.0518. The number of nitrogens with zero attached hydrogens (tertiary/aromatic N) is 1. The van der Waals surface area contributed by atoms with Crippen LogP contribution in [0.5, 0.6) is 0 Å². The fraction of sp³-hybridized carbons (Fsp3) is 0.0588. The number of amides is 1. The van der Waals surface area contributed by atoms with Gasteiger partial charge in [-0.3, -0.25) is 4.79 Å². The normalized spacial score (nSPS) is 13.0. The zero-order valence-corrected chi connectivity index (χ0v) is 12.0. The monoisotopic (exact) mass is 292 g/mol. The van der Waals surface area contributed by atoms with Crippen molar-refractivity contribution in [1.82, 2.24) is 4.98 Å². The van der Waals surface area contributed by atoms with Crippen LogP contribution in [-0.2, 0) is 11.2 Å². The molecule has 0 radical (unpaired) electrons. The van der Waals surface area contributed by atoms with Crippen molar-refractivity contribution >= 4 is 22.9 Å². The third-order valence-corrected chi connectivity index (χ3v) is 4.46. The van der Waals surface area contributed by atoms with Crippen LogP contribution in [0.2, 0.25) is 0 Å². The Balaban J connectivity index is 1.78. The van der Waals surface area contributed by atoms with Crippen LogP contribution in [0.1, 0.15) is 5.56 Å². The fourth-order valence-electron chi connectivity index (χ4n) is 2.58. The molecule has 0 atom stereocenters. The van der Waals surface area contributed by atoms with Crippen molar-refractivity contribution in [1.29, 1.82) is 0 Å². The van der Waals surface area contributed by atoms with E-state index in [0.29, 0.717) is 6.42 Å². The number of carbonyl (C=O) groups excluding carboxylic acids is 1. The molecule has 0 bridgehead atoms. The van der Waals surface area contributed by atoms with Gasteiger partial charge in [0.15, 0.2) is 0 Å². The first-order valence-electron chi connectivity index (χ1n) is 6.74. The van der Waals surface area contributed by atoms with E-state index < -0.39 is 0 Å². The summed E-state index contributed by atoms with van der Waals surface area (Å²) in [6.07, 6.45) is 0.457. The average molecular weight is 292 g/mol. The van der Waals surface area contributed by atoms with Gasteiger partial charge in [0.05, 0.1) is 17.8 Å². The molecular formula is C17H12N2OS. The van der Waals surface area contributed by atoms with E-state index >= 15 is 0 Å². The van der Waals surface area contributed by atoms with Gasteiger partial charge in [-0.1, -0.05) is 48.5 Å². The van der Waals surface area contributed by atoms with Crippen LogP contribution in [0.3, 0.4) is 0 Å². The van der Waals surface area contributed by atoms with Gasteiger partial charge >= 0.3 is 0 Å². The minimum Gasteiger partial charge on any atom is -0.325 e. The van der Waals surface area contributed by atoms with E-state index in [2.05, 4.69) is 17.4 Å². The molecule has 4 heteroatoms. The molecule has 2 heterocycles. The standard InChI is InChI=1S/C17H12N2OS/c20-15-9-12-7-4-8-13(16(12)19-15)14-10-21-17(18-14)11-5-2-1-3-6-11/h1-8,10H,9H2,(H,19,20). The molecule has 4 rings (SSSR count). The molecule has 1 aromatic heterocycles. The molecule has 2 aromatic carbocycles. The summed E-state index contributed by atoms with van der Waals surface area (Å²) in [5, 5.41) is 5.98. The lowest BCUT2D eigenvalue weighted by molar-refractivity contribution is -0.115. The number of thiazole rings is 1. The van der Waals surface area contributed by atoms with Gasteiger partial charge in [0.2, 0.25) is 5.91 Å². The van der Waals surface area contributed by atoms with Gasteiger partial charge in [0.1, 0.15) is 5.01 Å². The summed E-state index contributed by atoms with van der Waals surface area (Å²) in [6.45, 7) is 0. The molecule has 1 aliphatic heterocycles. The van der Waals surface area contributed by atoms with Gasteiger partial charge in [0.25, 0.3) is 0 Å². The van der Waals surface area contributed by atoms with Gasteiger partial charge in [0, 0.05) is 16.5 Å². The highest BCUT2D eigenvalue weighted by Crippen LogP contribution is 2.36. The number of para-hydroxylation sites is 1. The van der Waals surface area contributed by atoms with Crippen molar-refractivity contribution in [3.05, 3.63) is 59.5 Å². The van der Waals surface area contributed by atoms with Crippen LogP contribution in [0.4, 0.5) is 5.69 Å². The van der Waals surface area contributed by atoms with Crippen molar-refractivity contribution in [2.45, 2.75) is 6.42 Å². The molecule has 21 heavy (non-hydrogen) atoms. The molecule has 0 fully saturated rings. The second-order valence-electron chi connectivity index (χ2n) is 4.97. The summed E-state index contributed by atoms with van der Waals surface area (Å²) in [5.41, 5.74) is 4.99. The minimum atomic E-state index is 0.0518. The zero-order chi connectivity index (χ0) is 14.2. The molecule has 0 saturated carbocycles. The number of nitrogens with one attached hydrogen (secondary N) is 1. The quantitative estimate of drug-likeness (QED) is 0.776. The average Bonchev–Trinajstić information content (AvgIpc) is 3.13. The van der Waals surface area contributed by atoms with Crippen molar-refractivity contribution in [2.75, 3.05) is 5.32 Å². The Morgan fingerprint density at radius 1 is 1.05 bits per heavy atom. The van der Waals surface area contributed by atoms with E-state index in [1.165, 1.54) is 0 Å². The third-order valence-electron chi connectivity index (χ3n) is 3.57. The Hall–Kier alpha value is -2.46. The van der Waals surface area contributed by atoms with Crippen LogP contribution in [-0.4, -0.2) is 10.9 Å². The number of rotatable bonds is 2. The zero-order valence-electron chi connectivity index (χ0n) is 11.2. The van der Waals surface area contributed by atoms with Crippen molar-refractivity contribution in [3.63, 3.8) is 0 Å². The maximum absolute atomic E-state index is 11.6. The van der Waals surface area contributed by atoms with E-state index in [1.807, 2.05) is 41.8 Å². The van der Waals surface area contributed by atoms with Crippen molar-refractivity contribution < 1.29 is 4.79 Å². The molecule has 1 aliphatic rings. The first kappa shape index (κ1) is 12.3. The first-order valence-corrected chi connectivity index (χ1v) is 7.62. The molecule has 3 aromatic rings. The molecule has 0 aliphatic carbocycles. The molecule has 102 valence electrons. The fourth-order valence-corrected chi connectivity index (χ4v) is 3.40. The van der Waals surface area contributed by atoms with E-state index in [4.69, 9.17) is 4.98 Å². The summed E-state index contributed by atoms with van der Waals surface area (Å²) >= 11 is 1.62. The number of hydrogen-bond acceptors (Lipinski definition) is 3. The third kappa shape index (κ3) is 2.14. The predicted octanol–water partition coefficient (Wildman–Crippen LogP) is 3.97. The van der Waals surface area contributed by atoms with Crippen molar-refractivity contribution in [2.24, 2.45) is 0 Å². The highest BCUT2D eigenvalue weighted by atomic mass is 32.1. The number of aromatic nitrogens is 1. The molecular weight excluding hydrogens is 280 g/mol. The SMILES string of the molecule is O=C1Cc2cccc(-c3csc(-c4ccccc4)n3)c2N1. The molecule has 3 nitrogen and oxygen atoms in total. The van der Waals surface area contributed by atoms with Crippen LogP contribution >= 0.6 is 11.3 Å². The lowest BCUT2D eigenvalue weighted by atomic mass is 10.1. The Kier molecular flexibility index (Phi) is 2.82. The molecule has 1 amide bonds. The second-order valence-corrected chi connectivity index (χ2v) is 5.83. The highest BCUT2D eigenvalue weighted by Gasteiger charge is 2.22. The Morgan fingerprint density at radius 2 is 1.90 bits per heavy atom. The van der Waals surface area contributed by atoms with Crippen LogP contribution in [0, 0.1) is 0 Å². The Morgan fingerprint density at radius 3 is 2.76 bits per heavy atom. The summed E-state index contributed by atoms with van der Waals surface area (Å²) < 4.78 is 0. The smallest absolute Gasteiger partial charge is 0.228 e. The van der Waals surface area contributed by atoms with Gasteiger partial charge in [-0.15, -0.1) is 11.3 Å². The maximum atomic E-state index is 11.6. The topological polar surface area (TPSA) is 42.0 Å². The van der Waals surface area contributed by atoms with Crippen molar-refractivity contribution in [3.8, 4) is 21.8 Å². The number of carbonyl (C=O) groups is 1. The summed E-state index contributed by atoms with van der Waals surface area (Å²) in [7, 11) is 0. The van der Waals surface area contributed by atoms with Crippen LogP contribution in [0.25, 0.3) is 21.8 Å². The van der Waals surface area contributed by atoms with Gasteiger partial charge in [-0.25, -0.2) is 4.98 Å². The predicted molar refractivity (Wildman–Crippen MR) is 85.3 cm³/mol. The Labute approximate surface area is 126 Å². The minimum absolute atomic E-state index is 0.0518. The second kappa shape index (κ2) is 4.82. The van der Waals surface area contributed by atoms with E-state index in [9.17, 15) is 4.79 Å². The number of benzene rings is 2. The number of hydrogen-bond donors (Lipinski definition) is 1. The molecule has 1 N–H and O–H groups in total. The number of anilines is 1. The molecule has 0 unspecified atom stereocenters. The molecule has 0 saturated heterocycles. The summed E-state index contributed by atoms with van der Waals surface area (Å²) in [6, 6.07) is 16.1. The largest absolute Gasteiger partial charge is 0.325 e. The number of fused-ring (bicyclic) bond motifs is 1. The van der Waals surface area contributed by atoms with Gasteiger partial charge in [-0.05, 0) is 5.56 Å². The van der Waals surface area contributed by atoms with E-state index in [1.54, 1.807) is 11.3 Å². The lowest BCUT2D eigenvalue weighted by Crippen LogP contribution is -2.04. The van der Waals surface area contributed by atoms with Crippen LogP contribution < -0.4 is 5.32 Å². The van der Waals surface area contributed by atoms with Crippen LogP contribution in [0.15, 0.2) is 53.9 Å². The Bertz CT molecular complexity index is 824. The molecule has 0 spiro atoms. The van der Waals surface area contributed by atoms with E-state index in [-0.39, 0.29) is 5.91 Å². The van der Waals surface area contributed by atoms with Gasteiger partial charge in [-0.2, -0.15) is 0 Å². The van der Waals surface area contributed by atoms with Gasteiger partial charge < -0.3 is 5.32 Å².